The number of carbonyl (C=O) groups excluding carboxylic acids is 5. The number of rotatable bonds is 30. The van der Waals surface area contributed by atoms with E-state index in [1.165, 1.54) is 90.2 Å². The first-order chi connectivity index (χ1) is 44.7. The second-order valence-electron chi connectivity index (χ2n) is 26.9. The van der Waals surface area contributed by atoms with Crippen molar-refractivity contribution in [3.8, 4) is 0 Å². The molecule has 0 bridgehead atoms. The van der Waals surface area contributed by atoms with Crippen molar-refractivity contribution >= 4 is 65.9 Å². The van der Waals surface area contributed by atoms with E-state index in [1.54, 1.807) is 45.1 Å². The van der Waals surface area contributed by atoms with Crippen molar-refractivity contribution in [2.24, 2.45) is 22.0 Å². The maximum Gasteiger partial charge on any atom is 0.328 e. The molecule has 540 valence electrons. The largest absolute Gasteiger partial charge is 0.480 e. The molecule has 0 saturated heterocycles. The number of hydrogen-bond acceptors (Lipinski definition) is 13. The third-order valence-corrected chi connectivity index (χ3v) is 18.7. The fraction of sp³-hybridized carbons (Fsp3) is 0.507. The van der Waals surface area contributed by atoms with Crippen molar-refractivity contribution < 1.29 is 77.5 Å². The van der Waals surface area contributed by atoms with Crippen LogP contribution in [0.25, 0.3) is 0 Å². The average molecular weight is 1410 g/mol. The van der Waals surface area contributed by atoms with Gasteiger partial charge in [0.1, 0.15) is 18.1 Å². The van der Waals surface area contributed by atoms with E-state index in [9.17, 15) is 54.0 Å². The summed E-state index contributed by atoms with van der Waals surface area (Å²) in [5, 5.41) is 16.1. The lowest BCUT2D eigenvalue weighted by atomic mass is 9.72. The number of hydrogen-bond donors (Lipinski definition) is 8. The fourth-order valence-electron chi connectivity index (χ4n) is 11.0. The van der Waals surface area contributed by atoms with Crippen molar-refractivity contribution in [2.45, 2.75) is 199 Å². The van der Waals surface area contributed by atoms with Gasteiger partial charge < -0.3 is 31.5 Å². The minimum atomic E-state index is -4.31. The monoisotopic (exact) mass is 1410 g/mol. The van der Waals surface area contributed by atoms with E-state index in [-0.39, 0.29) is 29.1 Å². The molecule has 3 atom stereocenters. The molecular weight excluding hydrogens is 1300 g/mol. The molecule has 0 saturated carbocycles. The molecule has 97 heavy (non-hydrogen) atoms. The maximum absolute atomic E-state index is 12.2. The van der Waals surface area contributed by atoms with E-state index in [4.69, 9.17) is 24.5 Å². The summed E-state index contributed by atoms with van der Waals surface area (Å²) in [4.78, 5) is 70.7. The molecule has 9 N–H and O–H groups in total. The van der Waals surface area contributed by atoms with Crippen LogP contribution < -0.4 is 21.7 Å². The highest BCUT2D eigenvalue weighted by Gasteiger charge is 2.30. The van der Waals surface area contributed by atoms with Gasteiger partial charge in [-0.15, -0.1) is 0 Å². The van der Waals surface area contributed by atoms with Gasteiger partial charge in [-0.1, -0.05) is 166 Å². The Morgan fingerprint density at radius 1 is 0.464 bits per heavy atom. The number of carboxylic acids is 1. The van der Waals surface area contributed by atoms with Crippen molar-refractivity contribution in [2.75, 3.05) is 24.4 Å². The number of methoxy groups -OCH3 is 1. The van der Waals surface area contributed by atoms with E-state index in [2.05, 4.69) is 119 Å². The van der Waals surface area contributed by atoms with Gasteiger partial charge in [0.2, 0.25) is 23.6 Å². The normalized spacial score (nSPS) is 18.8. The van der Waals surface area contributed by atoms with Crippen LogP contribution in [-0.4, -0.2) is 122 Å². The van der Waals surface area contributed by atoms with Crippen LogP contribution in [0.4, 0.5) is 0 Å². The zero-order valence-electron chi connectivity index (χ0n) is 59.6. The van der Waals surface area contributed by atoms with Crippen LogP contribution in [0.5, 0.6) is 0 Å². The summed E-state index contributed by atoms with van der Waals surface area (Å²) in [6.45, 7) is 31.4. The minimum Gasteiger partial charge on any atom is -0.480 e. The Kier molecular flexibility index (Phi) is 37.2. The molecule has 0 aromatic carbocycles. The Bertz CT molecular complexity index is 3510. The summed E-state index contributed by atoms with van der Waals surface area (Å²) in [7, 11) is -11.7. The lowest BCUT2D eigenvalue weighted by Gasteiger charge is -2.33. The van der Waals surface area contributed by atoms with Gasteiger partial charge in [0, 0.05) is 18.2 Å². The van der Waals surface area contributed by atoms with Gasteiger partial charge in [-0.3, -0.25) is 32.8 Å². The number of nitrogens with one attached hydrogen (secondary N) is 3. The first-order valence-corrected chi connectivity index (χ1v) is 37.1. The van der Waals surface area contributed by atoms with Crippen molar-refractivity contribution in [1.29, 1.82) is 0 Å². The molecule has 3 aliphatic carbocycles. The number of carboxylic acid groups (broad SMARTS) is 1. The number of allylic oxidation sites excluding steroid dienone is 27. The highest BCUT2D eigenvalue weighted by atomic mass is 32.2. The fourth-order valence-corrected chi connectivity index (χ4v) is 12.6. The second kappa shape index (κ2) is 41.1. The number of amides is 4. The van der Waals surface area contributed by atoms with Crippen LogP contribution in [-0.2, 0) is 63.9 Å². The lowest BCUT2D eigenvalue weighted by molar-refractivity contribution is -0.144. The van der Waals surface area contributed by atoms with Crippen LogP contribution in [0.1, 0.15) is 181 Å². The summed E-state index contributed by atoms with van der Waals surface area (Å²) in [6, 6.07) is -3.77. The third-order valence-electron chi connectivity index (χ3n) is 16.5. The first kappa shape index (κ1) is 87.7. The third kappa shape index (κ3) is 37.8. The van der Waals surface area contributed by atoms with Crippen LogP contribution in [0.2, 0.25) is 0 Å². The molecule has 0 aromatic rings. The second-order valence-corrected chi connectivity index (χ2v) is 31.7. The minimum absolute atomic E-state index is 0.177. The molecule has 0 heterocycles. The number of primary amides is 1. The SMILES string of the molecule is CC1=C(/C=C/C(C)=C/C=C/C(C)=C/C(=O)N[C@@H](CCS(=O)(=O)O)C(=O)O)C(C)(C)CCC1.CC1=C(/C=C/C(C)=C/C=C/C(C)=C/C(=O)N[C@@H](CCS(=O)(=O)O)C(N)=O)C(C)(C)CCC1.COC(=O)[C@H](CCS(=O)(=O)O)NC(=O)/C=C(C)/C=C/C=C(C)/C=C/C1=C(C)CCCC1(C)C. The molecule has 24 heteroatoms. The van der Waals surface area contributed by atoms with Gasteiger partial charge in [-0.05, 0) is 189 Å². The first-order valence-electron chi connectivity index (χ1n) is 32.3. The number of aliphatic carboxylic acids is 1. The predicted molar refractivity (Wildman–Crippen MR) is 386 cm³/mol. The Labute approximate surface area is 577 Å². The summed E-state index contributed by atoms with van der Waals surface area (Å²) in [5.41, 5.74) is 19.3. The van der Waals surface area contributed by atoms with Gasteiger partial charge in [-0.25, -0.2) is 9.59 Å². The Morgan fingerprint density at radius 3 is 0.990 bits per heavy atom. The molecule has 21 nitrogen and oxygen atoms in total. The number of carbonyl (C=O) groups is 6. The quantitative estimate of drug-likeness (QED) is 0.0143. The Hall–Kier alpha value is -7.35. The Balaban J connectivity index is 0.000000728. The molecule has 0 aromatic heterocycles. The molecule has 3 rings (SSSR count). The van der Waals surface area contributed by atoms with Crippen molar-refractivity contribution in [3.63, 3.8) is 0 Å². The average Bonchev–Trinajstić information content (AvgIpc) is 0.981. The highest BCUT2D eigenvalue weighted by Crippen LogP contribution is 2.43. The molecule has 0 fully saturated rings. The molecule has 0 radical (unpaired) electrons. The summed E-state index contributed by atoms with van der Waals surface area (Å²) < 4.78 is 96.1. The molecular formula is C73H108N4O17S3. The van der Waals surface area contributed by atoms with Crippen LogP contribution in [0.3, 0.4) is 0 Å². The zero-order chi connectivity index (χ0) is 74.3. The molecule has 3 aliphatic rings. The lowest BCUT2D eigenvalue weighted by Crippen LogP contribution is -2.44. The van der Waals surface area contributed by atoms with Gasteiger partial charge in [0.05, 0.1) is 24.4 Å². The topological polar surface area (TPSA) is 357 Å². The zero-order valence-corrected chi connectivity index (χ0v) is 62.1. The summed E-state index contributed by atoms with van der Waals surface area (Å²) in [5.74, 6) is -6.92. The number of esters is 1. The summed E-state index contributed by atoms with van der Waals surface area (Å²) in [6.07, 6.45) is 42.8. The molecule has 0 aliphatic heterocycles. The van der Waals surface area contributed by atoms with E-state index in [0.29, 0.717) is 16.7 Å². The molecule has 0 unspecified atom stereocenters. The van der Waals surface area contributed by atoms with E-state index < -0.39 is 108 Å². The van der Waals surface area contributed by atoms with Gasteiger partial charge in [-0.2, -0.15) is 25.3 Å². The van der Waals surface area contributed by atoms with Gasteiger partial charge >= 0.3 is 11.9 Å². The van der Waals surface area contributed by atoms with Crippen molar-refractivity contribution in [3.05, 3.63) is 176 Å². The van der Waals surface area contributed by atoms with E-state index in [0.717, 1.165) is 43.1 Å². The van der Waals surface area contributed by atoms with E-state index >= 15 is 0 Å². The van der Waals surface area contributed by atoms with Crippen LogP contribution >= 0.6 is 0 Å². The van der Waals surface area contributed by atoms with Crippen molar-refractivity contribution in [1.82, 2.24) is 16.0 Å². The summed E-state index contributed by atoms with van der Waals surface area (Å²) >= 11 is 0. The number of nitrogens with two attached hydrogens (primary N) is 1. The molecule has 4 amide bonds. The van der Waals surface area contributed by atoms with Crippen LogP contribution in [0, 0.1) is 16.2 Å². The van der Waals surface area contributed by atoms with Gasteiger partial charge in [0.15, 0.2) is 0 Å². The smallest absolute Gasteiger partial charge is 0.328 e. The van der Waals surface area contributed by atoms with Crippen LogP contribution in [0.15, 0.2) is 176 Å². The molecule has 0 spiro atoms. The van der Waals surface area contributed by atoms with E-state index in [1.807, 2.05) is 51.2 Å². The van der Waals surface area contributed by atoms with Gasteiger partial charge in [0.25, 0.3) is 30.4 Å². The predicted octanol–water partition coefficient (Wildman–Crippen LogP) is 12.6. The number of ether oxygens (including phenoxy) is 1. The highest BCUT2D eigenvalue weighted by molar-refractivity contribution is 7.86. The maximum atomic E-state index is 12.2. The Morgan fingerprint density at radius 2 is 0.732 bits per heavy atom. The standard InChI is InChI=1S/C25H37NO6S.C24H36N2O5S.C24H35NO6S/c1-18(12-13-21-20(3)11-8-15-25(21,4)5)9-7-10-19(2)17-23(27)26-22(24(28)32-6)14-16-33(29,30)31;1-17(11-12-20-19(3)10-7-14-24(20,4)5)8-6-9-18(2)16-22(27)26-21(23(25)28)13-15-32(29,30)31;1-17(11-12-20-19(3)10-7-14-24(20,4)5)8-6-9-18(2)16-22(26)25-21(23(27)28)13-15-32(29,30)31/h7,9-10,12-13,17,22H,8,11,14-16H2,1-6H3,(H,26,27)(H,29,30,31);6,8-9,11-12,16,21H,7,10,13-15H2,1-5H3,(H2,25,28)(H,26,27)(H,29,30,31);6,8-9,11-12,16,21H,7,10,13-15H2,1-5H3,(H,25,26)(H,27,28)(H,29,30,31)/b10-7+,13-12+,18-9+,19-17+;2*9-6+,12-11+,17-8+,18-16+/t22-;2*21-/m000/s1.